The second kappa shape index (κ2) is 9.02. The normalized spacial score (nSPS) is 13.1. The quantitative estimate of drug-likeness (QED) is 0.364. The first-order valence-corrected chi connectivity index (χ1v) is 8.59. The maximum atomic E-state index is 4.71. The van der Waals surface area contributed by atoms with E-state index in [4.69, 9.17) is 4.99 Å². The lowest BCUT2D eigenvalue weighted by Gasteiger charge is -2.10. The molecule has 126 valence electrons. The second-order valence-corrected chi connectivity index (χ2v) is 5.85. The molecule has 3 heteroatoms. The van der Waals surface area contributed by atoms with Gasteiger partial charge in [-0.05, 0) is 37.0 Å². The largest absolute Gasteiger partial charge is 0.333 e. The van der Waals surface area contributed by atoms with Crippen LogP contribution < -0.4 is 0 Å². The number of fused-ring (bicyclic) bond motifs is 1. The van der Waals surface area contributed by atoms with Gasteiger partial charge < -0.3 is 4.57 Å². The van der Waals surface area contributed by atoms with Crippen LogP contribution in [0.25, 0.3) is 11.0 Å². The Bertz CT molecular complexity index is 775. The number of unbranched alkanes of at least 4 members (excludes halogenated alkanes) is 1. The monoisotopic (exact) mass is 321 g/mol. The van der Waals surface area contributed by atoms with Gasteiger partial charge in [0.1, 0.15) is 0 Å². The Labute approximate surface area is 145 Å². The van der Waals surface area contributed by atoms with Crippen LogP contribution in [-0.2, 0) is 13.5 Å². The fourth-order valence-electron chi connectivity index (χ4n) is 2.74. The zero-order valence-electron chi connectivity index (χ0n) is 15.0. The van der Waals surface area contributed by atoms with Crippen molar-refractivity contribution in [3.63, 3.8) is 0 Å². The Hall–Kier alpha value is -2.42. The molecular weight excluding hydrogens is 294 g/mol. The summed E-state index contributed by atoms with van der Waals surface area (Å²) < 4.78 is 2.09. The Kier molecular flexibility index (Phi) is 6.74. The number of aliphatic imine (C=N–C) groups is 1. The summed E-state index contributed by atoms with van der Waals surface area (Å²) in [5, 5.41) is 0. The second-order valence-electron chi connectivity index (χ2n) is 5.85. The molecule has 0 aliphatic heterocycles. The topological polar surface area (TPSA) is 30.2 Å². The van der Waals surface area contributed by atoms with E-state index in [0.717, 1.165) is 36.9 Å². The molecule has 0 saturated carbocycles. The van der Waals surface area contributed by atoms with Gasteiger partial charge in [-0.15, -0.1) is 6.58 Å². The number of nitrogens with zero attached hydrogens (tertiary/aromatic N) is 3. The number of aromatic nitrogens is 2. The molecule has 2 aromatic rings. The molecule has 0 fully saturated rings. The fraction of sp³-hybridized carbons (Fsp3) is 0.333. The molecule has 1 heterocycles. The summed E-state index contributed by atoms with van der Waals surface area (Å²) >= 11 is 0. The van der Waals surface area contributed by atoms with Gasteiger partial charge in [-0.3, -0.25) is 4.99 Å². The molecule has 0 amide bonds. The number of hydrogen-bond donors (Lipinski definition) is 0. The SMILES string of the molecule is C=CC/C=C(/N=C/CCC)C(=C/C)\Cc1cccc2ncn(C)c12. The van der Waals surface area contributed by atoms with E-state index in [1.165, 1.54) is 16.7 Å². The molecule has 3 nitrogen and oxygen atoms in total. The van der Waals surface area contributed by atoms with Gasteiger partial charge in [0.25, 0.3) is 0 Å². The summed E-state index contributed by atoms with van der Waals surface area (Å²) in [6.45, 7) is 8.06. The highest BCUT2D eigenvalue weighted by Gasteiger charge is 2.10. The zero-order chi connectivity index (χ0) is 17.4. The first kappa shape index (κ1) is 17.9. The summed E-state index contributed by atoms with van der Waals surface area (Å²) in [6.07, 6.45) is 13.9. The fourth-order valence-corrected chi connectivity index (χ4v) is 2.74. The minimum absolute atomic E-state index is 0.825. The van der Waals surface area contributed by atoms with Gasteiger partial charge in [0.15, 0.2) is 0 Å². The van der Waals surface area contributed by atoms with Crippen LogP contribution in [0.15, 0.2) is 65.6 Å². The molecule has 1 aromatic heterocycles. The number of allylic oxidation sites excluding steroid dienone is 4. The van der Waals surface area contributed by atoms with Crippen molar-refractivity contribution in [3.8, 4) is 0 Å². The molecule has 0 radical (unpaired) electrons. The number of para-hydroxylation sites is 1. The van der Waals surface area contributed by atoms with Crippen LogP contribution in [0.2, 0.25) is 0 Å². The van der Waals surface area contributed by atoms with Crippen molar-refractivity contribution in [2.24, 2.45) is 12.0 Å². The lowest BCUT2D eigenvalue weighted by molar-refractivity contribution is 0.938. The van der Waals surface area contributed by atoms with Crippen LogP contribution in [0.1, 0.15) is 38.7 Å². The third-order valence-electron chi connectivity index (χ3n) is 4.01. The third-order valence-corrected chi connectivity index (χ3v) is 4.01. The molecule has 0 unspecified atom stereocenters. The Morgan fingerprint density at radius 3 is 2.92 bits per heavy atom. The van der Waals surface area contributed by atoms with Gasteiger partial charge in [-0.25, -0.2) is 4.98 Å². The lowest BCUT2D eigenvalue weighted by atomic mass is 10.00. The van der Waals surface area contributed by atoms with Gasteiger partial charge in [-0.2, -0.15) is 0 Å². The first-order valence-electron chi connectivity index (χ1n) is 8.59. The van der Waals surface area contributed by atoms with Crippen LogP contribution in [0.4, 0.5) is 0 Å². The molecule has 0 atom stereocenters. The smallest absolute Gasteiger partial charge is 0.0955 e. The summed E-state index contributed by atoms with van der Waals surface area (Å²) in [4.78, 5) is 9.16. The van der Waals surface area contributed by atoms with Crippen molar-refractivity contribution in [1.82, 2.24) is 9.55 Å². The van der Waals surface area contributed by atoms with E-state index < -0.39 is 0 Å². The highest BCUT2D eigenvalue weighted by atomic mass is 15.0. The van der Waals surface area contributed by atoms with E-state index in [9.17, 15) is 0 Å². The summed E-state index contributed by atoms with van der Waals surface area (Å²) in [7, 11) is 2.04. The average Bonchev–Trinajstić information content (AvgIpc) is 2.98. The molecule has 0 saturated heterocycles. The van der Waals surface area contributed by atoms with Crippen LogP contribution in [0.3, 0.4) is 0 Å². The Morgan fingerprint density at radius 1 is 1.38 bits per heavy atom. The molecule has 0 spiro atoms. The minimum Gasteiger partial charge on any atom is -0.333 e. The van der Waals surface area contributed by atoms with E-state index in [1.54, 1.807) is 0 Å². The highest BCUT2D eigenvalue weighted by Crippen LogP contribution is 2.24. The molecule has 0 aliphatic carbocycles. The molecular formula is C21H27N3. The highest BCUT2D eigenvalue weighted by molar-refractivity contribution is 5.79. The van der Waals surface area contributed by atoms with Crippen LogP contribution in [0, 0.1) is 0 Å². The van der Waals surface area contributed by atoms with E-state index in [1.807, 2.05) is 25.7 Å². The van der Waals surface area contributed by atoms with Crippen molar-refractivity contribution in [1.29, 1.82) is 0 Å². The molecule has 0 aliphatic rings. The van der Waals surface area contributed by atoms with Gasteiger partial charge in [0.05, 0.1) is 23.1 Å². The number of rotatable bonds is 8. The maximum Gasteiger partial charge on any atom is 0.0955 e. The summed E-state index contributed by atoms with van der Waals surface area (Å²) in [5.41, 5.74) is 5.78. The van der Waals surface area contributed by atoms with E-state index in [2.05, 4.69) is 60.3 Å². The molecule has 0 N–H and O–H groups in total. The van der Waals surface area contributed by atoms with Crippen LogP contribution in [0.5, 0.6) is 0 Å². The molecule has 1 aromatic carbocycles. The van der Waals surface area contributed by atoms with Crippen molar-refractivity contribution in [2.45, 2.75) is 39.5 Å². The lowest BCUT2D eigenvalue weighted by Crippen LogP contribution is -1.98. The van der Waals surface area contributed by atoms with Crippen LogP contribution >= 0.6 is 0 Å². The minimum atomic E-state index is 0.825. The number of hydrogen-bond acceptors (Lipinski definition) is 2. The molecule has 24 heavy (non-hydrogen) atoms. The van der Waals surface area contributed by atoms with Crippen molar-refractivity contribution in [2.75, 3.05) is 0 Å². The van der Waals surface area contributed by atoms with E-state index in [0.29, 0.717) is 0 Å². The predicted octanol–water partition coefficient (Wildman–Crippen LogP) is 5.39. The number of benzene rings is 1. The summed E-state index contributed by atoms with van der Waals surface area (Å²) in [5.74, 6) is 0. The van der Waals surface area contributed by atoms with Crippen molar-refractivity contribution < 1.29 is 0 Å². The Balaban J connectivity index is 2.35. The first-order chi connectivity index (χ1) is 11.7. The standard InChI is InChI=1S/C21H27N3/c1-5-8-12-19(22-14-9-6-2)17(7-3)15-18-11-10-13-20-21(18)24(4)16-23-20/h5,7,10-14,16H,1,6,8-9,15H2,2-4H3/b17-7-,19-12+,22-14+. The van der Waals surface area contributed by atoms with Crippen LogP contribution in [-0.4, -0.2) is 15.8 Å². The number of imidazole rings is 1. The van der Waals surface area contributed by atoms with Crippen molar-refractivity contribution >= 4 is 17.2 Å². The van der Waals surface area contributed by atoms with Crippen molar-refractivity contribution in [3.05, 3.63) is 66.2 Å². The number of aryl methyl sites for hydroxylation is 1. The maximum absolute atomic E-state index is 4.71. The van der Waals surface area contributed by atoms with Gasteiger partial charge >= 0.3 is 0 Å². The average molecular weight is 321 g/mol. The Morgan fingerprint density at radius 2 is 2.21 bits per heavy atom. The molecule has 0 bridgehead atoms. The van der Waals surface area contributed by atoms with Gasteiger partial charge in [0, 0.05) is 19.7 Å². The predicted molar refractivity (Wildman–Crippen MR) is 104 cm³/mol. The van der Waals surface area contributed by atoms with Gasteiger partial charge in [-0.1, -0.05) is 43.7 Å². The zero-order valence-corrected chi connectivity index (χ0v) is 15.0. The molecule has 2 rings (SSSR count). The van der Waals surface area contributed by atoms with E-state index in [-0.39, 0.29) is 0 Å². The summed E-state index contributed by atoms with van der Waals surface area (Å²) in [6, 6.07) is 6.31. The van der Waals surface area contributed by atoms with Gasteiger partial charge in [0.2, 0.25) is 0 Å². The van der Waals surface area contributed by atoms with E-state index >= 15 is 0 Å². The third kappa shape index (κ3) is 4.31.